The van der Waals surface area contributed by atoms with Gasteiger partial charge in [-0.15, -0.1) is 0 Å². The molecule has 6 heteroatoms. The van der Waals surface area contributed by atoms with Crippen LogP contribution in [0.2, 0.25) is 0 Å². The fourth-order valence-electron chi connectivity index (χ4n) is 3.00. The molecular weight excluding hydrogens is 311 g/mol. The number of halogens is 1. The van der Waals surface area contributed by atoms with E-state index in [-0.39, 0.29) is 23.1 Å². The van der Waals surface area contributed by atoms with Crippen LogP contribution in [0.15, 0.2) is 18.2 Å². The van der Waals surface area contributed by atoms with Gasteiger partial charge in [0.25, 0.3) is 0 Å². The molecule has 5 nitrogen and oxygen atoms in total. The predicted octanol–water partition coefficient (Wildman–Crippen LogP) is 2.64. The molecule has 0 unspecified atom stereocenters. The first-order chi connectivity index (χ1) is 11.2. The molecule has 2 rings (SSSR count). The van der Waals surface area contributed by atoms with Gasteiger partial charge in [0.2, 0.25) is 0 Å². The number of hydrogen-bond acceptors (Lipinski definition) is 3. The van der Waals surface area contributed by atoms with Crippen molar-refractivity contribution in [2.75, 3.05) is 18.5 Å². The lowest BCUT2D eigenvalue weighted by atomic mass is 9.81. The molecule has 132 valence electrons. The van der Waals surface area contributed by atoms with Gasteiger partial charge < -0.3 is 15.4 Å². The highest BCUT2D eigenvalue weighted by atomic mass is 19.1. The minimum atomic E-state index is -0.871. The number of hydrogen-bond donors (Lipinski definition) is 2. The van der Waals surface area contributed by atoms with Gasteiger partial charge in [0.05, 0.1) is 11.8 Å². The molecular formula is C18H25FN2O3. The number of aryl methyl sites for hydroxylation is 1. The van der Waals surface area contributed by atoms with Gasteiger partial charge in [-0.25, -0.2) is 4.39 Å². The van der Waals surface area contributed by atoms with Crippen LogP contribution in [0.25, 0.3) is 0 Å². The highest BCUT2D eigenvalue weighted by molar-refractivity contribution is 6.39. The summed E-state index contributed by atoms with van der Waals surface area (Å²) in [6, 6.07) is 4.41. The number of carbonyl (C=O) groups excluding carboxylic acids is 2. The van der Waals surface area contributed by atoms with Gasteiger partial charge in [-0.1, -0.05) is 26.8 Å². The molecule has 0 radical (unpaired) electrons. The molecule has 2 amide bonds. The van der Waals surface area contributed by atoms with Gasteiger partial charge >= 0.3 is 11.8 Å². The number of rotatable bonds is 3. The van der Waals surface area contributed by atoms with Crippen molar-refractivity contribution in [3.8, 4) is 0 Å². The van der Waals surface area contributed by atoms with Crippen molar-refractivity contribution in [1.82, 2.24) is 5.32 Å². The molecule has 0 bridgehead atoms. The van der Waals surface area contributed by atoms with Crippen LogP contribution in [-0.2, 0) is 14.3 Å². The lowest BCUT2D eigenvalue weighted by Gasteiger charge is -2.31. The number of benzene rings is 1. The van der Waals surface area contributed by atoms with E-state index in [9.17, 15) is 14.0 Å². The molecule has 1 heterocycles. The Morgan fingerprint density at radius 1 is 1.29 bits per heavy atom. The predicted molar refractivity (Wildman–Crippen MR) is 90.1 cm³/mol. The SMILES string of the molecule is Cc1ccc(NC(=O)C(=O)NC[C@H]2CCO[C@@H]2C(C)(C)C)c(F)c1. The summed E-state index contributed by atoms with van der Waals surface area (Å²) in [5.74, 6) is -2.04. The fourth-order valence-corrected chi connectivity index (χ4v) is 3.00. The van der Waals surface area contributed by atoms with Crippen LogP contribution in [0.1, 0.15) is 32.8 Å². The van der Waals surface area contributed by atoms with Gasteiger partial charge in [0.1, 0.15) is 5.82 Å². The second-order valence-electron chi connectivity index (χ2n) is 7.35. The largest absolute Gasteiger partial charge is 0.377 e. The molecule has 1 aliphatic rings. The van der Waals surface area contributed by atoms with Crippen LogP contribution in [0.5, 0.6) is 0 Å². The van der Waals surface area contributed by atoms with Crippen LogP contribution in [0, 0.1) is 24.1 Å². The summed E-state index contributed by atoms with van der Waals surface area (Å²) < 4.78 is 19.5. The second kappa shape index (κ2) is 7.30. The van der Waals surface area contributed by atoms with Crippen LogP contribution in [-0.4, -0.2) is 31.1 Å². The van der Waals surface area contributed by atoms with Crippen molar-refractivity contribution >= 4 is 17.5 Å². The Labute approximate surface area is 142 Å². The third kappa shape index (κ3) is 4.54. The molecule has 2 atom stereocenters. The highest BCUT2D eigenvalue weighted by Crippen LogP contribution is 2.34. The smallest absolute Gasteiger partial charge is 0.313 e. The maximum absolute atomic E-state index is 13.7. The second-order valence-corrected chi connectivity index (χ2v) is 7.35. The monoisotopic (exact) mass is 336 g/mol. The van der Waals surface area contributed by atoms with Crippen molar-refractivity contribution in [3.63, 3.8) is 0 Å². The summed E-state index contributed by atoms with van der Waals surface area (Å²) in [6.45, 7) is 9.03. The maximum Gasteiger partial charge on any atom is 0.313 e. The quantitative estimate of drug-likeness (QED) is 0.834. The zero-order valence-corrected chi connectivity index (χ0v) is 14.6. The summed E-state index contributed by atoms with van der Waals surface area (Å²) >= 11 is 0. The Morgan fingerprint density at radius 3 is 2.62 bits per heavy atom. The standard InChI is InChI=1S/C18H25FN2O3/c1-11-5-6-14(13(19)9-11)21-17(23)16(22)20-10-12-7-8-24-15(12)18(2,3)4/h5-6,9,12,15H,7-8,10H2,1-4H3,(H,20,22)(H,21,23)/t12-,15+/m1/s1. The molecule has 0 saturated carbocycles. The topological polar surface area (TPSA) is 67.4 Å². The van der Waals surface area contributed by atoms with Crippen LogP contribution < -0.4 is 10.6 Å². The molecule has 1 aliphatic heterocycles. The summed E-state index contributed by atoms with van der Waals surface area (Å²) in [4.78, 5) is 23.9. The first kappa shape index (κ1) is 18.4. The van der Waals surface area contributed by atoms with E-state index in [0.29, 0.717) is 13.2 Å². The molecule has 0 aromatic heterocycles. The Hall–Kier alpha value is -1.95. The van der Waals surface area contributed by atoms with Crippen molar-refractivity contribution in [2.24, 2.45) is 11.3 Å². The Balaban J connectivity index is 1.89. The van der Waals surface area contributed by atoms with Gasteiger partial charge in [-0.2, -0.15) is 0 Å². The van der Waals surface area contributed by atoms with E-state index in [4.69, 9.17) is 4.74 Å². The van der Waals surface area contributed by atoms with Crippen molar-refractivity contribution in [1.29, 1.82) is 0 Å². The normalized spacial score (nSPS) is 20.7. The number of amides is 2. The number of nitrogens with one attached hydrogen (secondary N) is 2. The van der Waals surface area contributed by atoms with Gasteiger partial charge in [-0.05, 0) is 36.5 Å². The average Bonchev–Trinajstić information content (AvgIpc) is 2.96. The highest BCUT2D eigenvalue weighted by Gasteiger charge is 2.37. The van der Waals surface area contributed by atoms with E-state index in [2.05, 4.69) is 31.4 Å². The first-order valence-electron chi connectivity index (χ1n) is 8.15. The Bertz CT molecular complexity index is 625. The van der Waals surface area contributed by atoms with Crippen molar-refractivity contribution < 1.29 is 18.7 Å². The summed E-state index contributed by atoms with van der Waals surface area (Å²) in [6.07, 6.45) is 0.881. The summed E-state index contributed by atoms with van der Waals surface area (Å²) in [5.41, 5.74) is 0.709. The maximum atomic E-state index is 13.7. The molecule has 0 aliphatic carbocycles. The molecule has 1 saturated heterocycles. The molecule has 2 N–H and O–H groups in total. The van der Waals surface area contributed by atoms with Crippen LogP contribution >= 0.6 is 0 Å². The van der Waals surface area contributed by atoms with E-state index < -0.39 is 17.6 Å². The third-order valence-electron chi connectivity index (χ3n) is 4.17. The van der Waals surface area contributed by atoms with Crippen molar-refractivity contribution in [2.45, 2.75) is 40.2 Å². The zero-order chi connectivity index (χ0) is 17.9. The van der Waals surface area contributed by atoms with Crippen LogP contribution in [0.3, 0.4) is 0 Å². The molecule has 24 heavy (non-hydrogen) atoms. The first-order valence-corrected chi connectivity index (χ1v) is 8.15. The van der Waals surface area contributed by atoms with Gasteiger partial charge in [-0.3, -0.25) is 9.59 Å². The van der Waals surface area contributed by atoms with Crippen LogP contribution in [0.4, 0.5) is 10.1 Å². The summed E-state index contributed by atoms with van der Waals surface area (Å²) in [7, 11) is 0. The molecule has 1 aromatic carbocycles. The summed E-state index contributed by atoms with van der Waals surface area (Å²) in [5, 5.41) is 4.92. The third-order valence-corrected chi connectivity index (χ3v) is 4.17. The van der Waals surface area contributed by atoms with E-state index in [1.165, 1.54) is 12.1 Å². The lowest BCUT2D eigenvalue weighted by molar-refractivity contribution is -0.136. The van der Waals surface area contributed by atoms with E-state index in [0.717, 1.165) is 12.0 Å². The van der Waals surface area contributed by atoms with Crippen molar-refractivity contribution in [3.05, 3.63) is 29.6 Å². The lowest BCUT2D eigenvalue weighted by Crippen LogP contribution is -2.42. The number of ether oxygens (including phenoxy) is 1. The number of anilines is 1. The molecule has 1 aromatic rings. The van der Waals surface area contributed by atoms with E-state index in [1.807, 2.05) is 0 Å². The van der Waals surface area contributed by atoms with E-state index >= 15 is 0 Å². The Kier molecular flexibility index (Phi) is 5.59. The van der Waals surface area contributed by atoms with Gasteiger partial charge in [0.15, 0.2) is 0 Å². The minimum Gasteiger partial charge on any atom is -0.377 e. The molecule has 0 spiro atoms. The number of carbonyl (C=O) groups is 2. The zero-order valence-electron chi connectivity index (χ0n) is 14.6. The molecule has 1 fully saturated rings. The fraction of sp³-hybridized carbons (Fsp3) is 0.556. The van der Waals surface area contributed by atoms with Gasteiger partial charge in [0, 0.05) is 19.1 Å². The average molecular weight is 336 g/mol. The minimum absolute atomic E-state index is 0.00230. The van der Waals surface area contributed by atoms with E-state index in [1.54, 1.807) is 13.0 Å². The Morgan fingerprint density at radius 2 is 2.00 bits per heavy atom.